The van der Waals surface area contributed by atoms with E-state index in [1.54, 1.807) is 0 Å². The monoisotopic (exact) mass is 232 g/mol. The van der Waals surface area contributed by atoms with Crippen LogP contribution in [0, 0.1) is 0 Å². The predicted octanol–water partition coefficient (Wildman–Crippen LogP) is 3.00. The summed E-state index contributed by atoms with van der Waals surface area (Å²) in [5.41, 5.74) is 2.79. The van der Waals surface area contributed by atoms with Crippen LogP contribution in [-0.2, 0) is 0 Å². The largest absolute Gasteiger partial charge is 0.368 e. The Morgan fingerprint density at radius 2 is 1.94 bits per heavy atom. The Labute approximate surface area is 105 Å². The molecule has 1 aromatic rings. The van der Waals surface area contributed by atoms with Crippen LogP contribution in [0.5, 0.6) is 0 Å². The van der Waals surface area contributed by atoms with Gasteiger partial charge in [-0.15, -0.1) is 0 Å². The van der Waals surface area contributed by atoms with Crippen LogP contribution < -0.4 is 10.2 Å². The first-order chi connectivity index (χ1) is 8.18. The van der Waals surface area contributed by atoms with Gasteiger partial charge in [-0.25, -0.2) is 0 Å². The van der Waals surface area contributed by atoms with Crippen molar-refractivity contribution in [1.29, 1.82) is 0 Å². The Bertz CT molecular complexity index is 342. The molecular weight excluding hydrogens is 208 g/mol. The summed E-state index contributed by atoms with van der Waals surface area (Å²) in [5, 5.41) is 3.48. The average molecular weight is 232 g/mol. The molecular formula is C15H24N2. The Morgan fingerprint density at radius 3 is 2.59 bits per heavy atom. The Morgan fingerprint density at radius 1 is 1.24 bits per heavy atom. The molecule has 2 nitrogen and oxygen atoms in total. The molecule has 1 aliphatic rings. The quantitative estimate of drug-likeness (QED) is 0.843. The van der Waals surface area contributed by atoms with Crippen LogP contribution >= 0.6 is 0 Å². The summed E-state index contributed by atoms with van der Waals surface area (Å²) < 4.78 is 0. The lowest BCUT2D eigenvalue weighted by atomic mass is 10.0. The average Bonchev–Trinajstić information content (AvgIpc) is 2.54. The molecule has 0 saturated carbocycles. The summed E-state index contributed by atoms with van der Waals surface area (Å²) in [5.74, 6) is 0.618. The van der Waals surface area contributed by atoms with Crippen molar-refractivity contribution >= 4 is 5.69 Å². The second-order valence-corrected chi connectivity index (χ2v) is 5.35. The second kappa shape index (κ2) is 5.54. The van der Waals surface area contributed by atoms with E-state index in [1.807, 2.05) is 0 Å². The molecule has 1 aromatic carbocycles. The van der Waals surface area contributed by atoms with Gasteiger partial charge in [0.15, 0.2) is 0 Å². The van der Waals surface area contributed by atoms with Crippen LogP contribution in [0.3, 0.4) is 0 Å². The molecule has 17 heavy (non-hydrogen) atoms. The molecule has 0 amide bonds. The summed E-state index contributed by atoms with van der Waals surface area (Å²) in [6, 6.07) is 9.67. The minimum absolute atomic E-state index is 0.586. The van der Waals surface area contributed by atoms with E-state index in [1.165, 1.54) is 17.7 Å². The Kier molecular flexibility index (Phi) is 4.06. The summed E-state index contributed by atoms with van der Waals surface area (Å²) in [4.78, 5) is 2.52. The first-order valence-corrected chi connectivity index (χ1v) is 6.76. The van der Waals surface area contributed by atoms with Gasteiger partial charge in [-0.2, -0.15) is 0 Å². The van der Waals surface area contributed by atoms with Gasteiger partial charge in [0, 0.05) is 24.8 Å². The van der Waals surface area contributed by atoms with Crippen LogP contribution in [0.15, 0.2) is 24.3 Å². The van der Waals surface area contributed by atoms with E-state index in [4.69, 9.17) is 0 Å². The zero-order valence-corrected chi connectivity index (χ0v) is 11.2. The summed E-state index contributed by atoms with van der Waals surface area (Å²) in [7, 11) is 0. The van der Waals surface area contributed by atoms with Crippen molar-refractivity contribution in [3.8, 4) is 0 Å². The number of hydrogen-bond donors (Lipinski definition) is 1. The van der Waals surface area contributed by atoms with E-state index in [9.17, 15) is 0 Å². The van der Waals surface area contributed by atoms with E-state index in [0.717, 1.165) is 19.6 Å². The van der Waals surface area contributed by atoms with Gasteiger partial charge in [0.05, 0.1) is 0 Å². The van der Waals surface area contributed by atoms with Crippen LogP contribution in [0.4, 0.5) is 5.69 Å². The van der Waals surface area contributed by atoms with Crippen molar-refractivity contribution < 1.29 is 0 Å². The van der Waals surface area contributed by atoms with Crippen LogP contribution in [0.25, 0.3) is 0 Å². The first-order valence-electron chi connectivity index (χ1n) is 6.76. The SMILES string of the molecule is CC(C)c1ccc(N2CCCNCC2C)cc1. The molecule has 1 unspecified atom stereocenters. The minimum atomic E-state index is 0.586. The van der Waals surface area contributed by atoms with E-state index in [0.29, 0.717) is 12.0 Å². The van der Waals surface area contributed by atoms with E-state index >= 15 is 0 Å². The van der Waals surface area contributed by atoms with Gasteiger partial charge < -0.3 is 10.2 Å². The number of benzene rings is 1. The molecule has 1 aliphatic heterocycles. The molecule has 0 radical (unpaired) electrons. The Hall–Kier alpha value is -1.02. The predicted molar refractivity (Wildman–Crippen MR) is 74.8 cm³/mol. The number of nitrogens with zero attached hydrogens (tertiary/aromatic N) is 1. The molecule has 94 valence electrons. The maximum absolute atomic E-state index is 3.48. The zero-order chi connectivity index (χ0) is 12.3. The van der Waals surface area contributed by atoms with Crippen molar-refractivity contribution in [3.63, 3.8) is 0 Å². The number of anilines is 1. The highest BCUT2D eigenvalue weighted by Crippen LogP contribution is 2.22. The van der Waals surface area contributed by atoms with E-state index in [-0.39, 0.29) is 0 Å². The first kappa shape index (κ1) is 12.4. The number of nitrogens with one attached hydrogen (secondary N) is 1. The summed E-state index contributed by atoms with van der Waals surface area (Å²) in [6.07, 6.45) is 1.23. The van der Waals surface area contributed by atoms with Gasteiger partial charge in [-0.1, -0.05) is 26.0 Å². The molecule has 0 aliphatic carbocycles. The standard InChI is InChI=1S/C15H24N2/c1-12(2)14-5-7-15(8-6-14)17-10-4-9-16-11-13(17)3/h5-8,12-13,16H,4,9-11H2,1-3H3. The van der Waals surface area contributed by atoms with Crippen LogP contribution in [0.2, 0.25) is 0 Å². The summed E-state index contributed by atoms with van der Waals surface area (Å²) in [6.45, 7) is 10.2. The molecule has 0 bridgehead atoms. The highest BCUT2D eigenvalue weighted by molar-refractivity contribution is 5.49. The van der Waals surface area contributed by atoms with Crippen molar-refractivity contribution in [3.05, 3.63) is 29.8 Å². The van der Waals surface area contributed by atoms with Crippen molar-refractivity contribution in [2.75, 3.05) is 24.5 Å². The zero-order valence-electron chi connectivity index (χ0n) is 11.2. The fourth-order valence-electron chi connectivity index (χ4n) is 2.45. The van der Waals surface area contributed by atoms with Gasteiger partial charge >= 0.3 is 0 Å². The molecule has 2 heteroatoms. The minimum Gasteiger partial charge on any atom is -0.368 e. The van der Waals surface area contributed by atoms with Crippen molar-refractivity contribution in [1.82, 2.24) is 5.32 Å². The third kappa shape index (κ3) is 3.01. The maximum Gasteiger partial charge on any atom is 0.0386 e. The molecule has 2 rings (SSSR count). The third-order valence-corrected chi connectivity index (χ3v) is 3.62. The molecule has 1 N–H and O–H groups in total. The van der Waals surface area contributed by atoms with Gasteiger partial charge in [-0.05, 0) is 43.5 Å². The third-order valence-electron chi connectivity index (χ3n) is 3.62. The molecule has 0 aromatic heterocycles. The lowest BCUT2D eigenvalue weighted by Gasteiger charge is -2.29. The fraction of sp³-hybridized carbons (Fsp3) is 0.600. The highest BCUT2D eigenvalue weighted by atomic mass is 15.2. The highest BCUT2D eigenvalue weighted by Gasteiger charge is 2.16. The number of hydrogen-bond acceptors (Lipinski definition) is 2. The van der Waals surface area contributed by atoms with Gasteiger partial charge in [-0.3, -0.25) is 0 Å². The lowest BCUT2D eigenvalue weighted by molar-refractivity contribution is 0.630. The summed E-state index contributed by atoms with van der Waals surface area (Å²) >= 11 is 0. The van der Waals surface area contributed by atoms with Crippen molar-refractivity contribution in [2.45, 2.75) is 39.2 Å². The van der Waals surface area contributed by atoms with E-state index in [2.05, 4.69) is 55.3 Å². The molecule has 1 fully saturated rings. The van der Waals surface area contributed by atoms with Gasteiger partial charge in [0.1, 0.15) is 0 Å². The fourth-order valence-corrected chi connectivity index (χ4v) is 2.45. The normalized spacial score (nSPS) is 21.6. The number of rotatable bonds is 2. The van der Waals surface area contributed by atoms with Crippen LogP contribution in [-0.4, -0.2) is 25.7 Å². The molecule has 1 heterocycles. The molecule has 1 atom stereocenters. The van der Waals surface area contributed by atoms with Gasteiger partial charge in [0.25, 0.3) is 0 Å². The topological polar surface area (TPSA) is 15.3 Å². The lowest BCUT2D eigenvalue weighted by Crippen LogP contribution is -2.37. The molecule has 0 spiro atoms. The van der Waals surface area contributed by atoms with E-state index < -0.39 is 0 Å². The molecule has 1 saturated heterocycles. The van der Waals surface area contributed by atoms with Gasteiger partial charge in [0.2, 0.25) is 0 Å². The maximum atomic E-state index is 3.48. The van der Waals surface area contributed by atoms with Crippen molar-refractivity contribution in [2.24, 2.45) is 0 Å². The Balaban J connectivity index is 2.14. The smallest absolute Gasteiger partial charge is 0.0386 e. The van der Waals surface area contributed by atoms with Crippen LogP contribution in [0.1, 0.15) is 38.7 Å². The second-order valence-electron chi connectivity index (χ2n) is 5.35.